The average molecular weight is 315 g/mol. The van der Waals surface area contributed by atoms with Crippen molar-refractivity contribution >= 4 is 10.1 Å². The van der Waals surface area contributed by atoms with E-state index in [9.17, 15) is 13.0 Å². The Balaban J connectivity index is 0.000000382. The van der Waals surface area contributed by atoms with E-state index in [1.165, 1.54) is 67.6 Å². The Hall–Kier alpha value is -0.910. The van der Waals surface area contributed by atoms with Crippen LogP contribution in [0.3, 0.4) is 0 Å². The van der Waals surface area contributed by atoms with Gasteiger partial charge in [-0.2, -0.15) is 0 Å². The predicted molar refractivity (Wildman–Crippen MR) is 86.1 cm³/mol. The molecular formula is C16H29NO3S. The van der Waals surface area contributed by atoms with Gasteiger partial charge in [0.25, 0.3) is 0 Å². The lowest BCUT2D eigenvalue weighted by Gasteiger charge is -2.33. The van der Waals surface area contributed by atoms with Crippen molar-refractivity contribution in [2.75, 3.05) is 26.7 Å². The zero-order valence-corrected chi connectivity index (χ0v) is 14.5. The number of hydrogen-bond acceptors (Lipinski definition) is 3. The monoisotopic (exact) mass is 315 g/mol. The fourth-order valence-corrected chi connectivity index (χ4v) is 3.03. The van der Waals surface area contributed by atoms with Gasteiger partial charge in [-0.05, 0) is 31.4 Å². The number of hydrogen-bond donors (Lipinski definition) is 0. The minimum atomic E-state index is -4.25. The predicted octanol–water partition coefficient (Wildman–Crippen LogP) is 3.25. The zero-order valence-electron chi connectivity index (χ0n) is 13.7. The van der Waals surface area contributed by atoms with Crippen LogP contribution >= 0.6 is 0 Å². The van der Waals surface area contributed by atoms with Crippen molar-refractivity contribution in [3.8, 4) is 0 Å². The molecule has 0 radical (unpaired) electrons. The molecule has 0 amide bonds. The molecule has 0 fully saturated rings. The topological polar surface area (TPSA) is 57.2 Å². The van der Waals surface area contributed by atoms with Crippen LogP contribution in [0.5, 0.6) is 0 Å². The maximum Gasteiger partial charge on any atom is 0.124 e. The van der Waals surface area contributed by atoms with Crippen LogP contribution in [0.4, 0.5) is 0 Å². The molecule has 4 nitrogen and oxygen atoms in total. The van der Waals surface area contributed by atoms with E-state index in [0.29, 0.717) is 0 Å². The van der Waals surface area contributed by atoms with Crippen LogP contribution in [0.25, 0.3) is 0 Å². The molecule has 21 heavy (non-hydrogen) atoms. The van der Waals surface area contributed by atoms with E-state index in [-0.39, 0.29) is 4.90 Å². The molecule has 0 spiro atoms. The maximum atomic E-state index is 10.3. The van der Waals surface area contributed by atoms with E-state index < -0.39 is 10.1 Å². The molecule has 0 atom stereocenters. The van der Waals surface area contributed by atoms with Gasteiger partial charge in [-0.25, -0.2) is 8.42 Å². The fraction of sp³-hybridized carbons (Fsp3) is 0.625. The second-order valence-electron chi connectivity index (χ2n) is 5.56. The summed E-state index contributed by atoms with van der Waals surface area (Å²) in [6, 6.07) is 7.19. The summed E-state index contributed by atoms with van der Waals surface area (Å²) in [5.74, 6) is 0. The summed E-state index contributed by atoms with van der Waals surface area (Å²) in [6.07, 6.45) is 3.95. The van der Waals surface area contributed by atoms with Gasteiger partial charge < -0.3 is 9.04 Å². The highest BCUT2D eigenvalue weighted by molar-refractivity contribution is 7.85. The molecule has 0 aliphatic carbocycles. The van der Waals surface area contributed by atoms with E-state index >= 15 is 0 Å². The SMILES string of the molecule is CCC[N+](C)(CCC)CCC.O=S(=O)([O-])c1ccccc1. The van der Waals surface area contributed by atoms with Gasteiger partial charge in [-0.1, -0.05) is 39.0 Å². The van der Waals surface area contributed by atoms with Crippen LogP contribution in [0.2, 0.25) is 0 Å². The molecule has 0 saturated carbocycles. The molecule has 1 aromatic carbocycles. The van der Waals surface area contributed by atoms with E-state index in [0.717, 1.165) is 0 Å². The Morgan fingerprint density at radius 1 is 0.905 bits per heavy atom. The van der Waals surface area contributed by atoms with Crippen LogP contribution in [-0.2, 0) is 10.1 Å². The first-order chi connectivity index (χ1) is 9.79. The minimum Gasteiger partial charge on any atom is -0.744 e. The van der Waals surface area contributed by atoms with E-state index in [1.54, 1.807) is 6.07 Å². The Morgan fingerprint density at radius 3 is 1.52 bits per heavy atom. The first-order valence-electron chi connectivity index (χ1n) is 7.63. The summed E-state index contributed by atoms with van der Waals surface area (Å²) in [5, 5.41) is 0. The summed E-state index contributed by atoms with van der Waals surface area (Å²) >= 11 is 0. The number of rotatable bonds is 7. The molecule has 0 bridgehead atoms. The van der Waals surface area contributed by atoms with Gasteiger partial charge in [0.2, 0.25) is 0 Å². The first kappa shape index (κ1) is 20.1. The molecule has 5 heteroatoms. The van der Waals surface area contributed by atoms with E-state index in [2.05, 4.69) is 27.8 Å². The van der Waals surface area contributed by atoms with Crippen LogP contribution < -0.4 is 0 Å². The van der Waals surface area contributed by atoms with Crippen molar-refractivity contribution in [2.45, 2.75) is 44.9 Å². The first-order valence-corrected chi connectivity index (χ1v) is 9.04. The quantitative estimate of drug-likeness (QED) is 0.573. The highest BCUT2D eigenvalue weighted by atomic mass is 32.2. The maximum absolute atomic E-state index is 10.3. The molecule has 0 unspecified atom stereocenters. The fourth-order valence-electron chi connectivity index (χ4n) is 2.54. The molecule has 0 heterocycles. The van der Waals surface area contributed by atoms with Crippen LogP contribution in [0.1, 0.15) is 40.0 Å². The van der Waals surface area contributed by atoms with Crippen LogP contribution in [0.15, 0.2) is 35.2 Å². The highest BCUT2D eigenvalue weighted by Crippen LogP contribution is 2.06. The van der Waals surface area contributed by atoms with Crippen molar-refractivity contribution in [3.05, 3.63) is 30.3 Å². The lowest BCUT2D eigenvalue weighted by molar-refractivity contribution is -0.909. The Morgan fingerprint density at radius 2 is 1.29 bits per heavy atom. The second kappa shape index (κ2) is 9.92. The third-order valence-corrected chi connectivity index (χ3v) is 4.17. The van der Waals surface area contributed by atoms with Gasteiger partial charge in [-0.3, -0.25) is 0 Å². The van der Waals surface area contributed by atoms with Crippen LogP contribution in [-0.4, -0.2) is 44.1 Å². The number of nitrogens with zero attached hydrogens (tertiary/aromatic N) is 1. The third kappa shape index (κ3) is 8.86. The Kier molecular flexibility index (Phi) is 9.49. The van der Waals surface area contributed by atoms with Gasteiger partial charge in [0.1, 0.15) is 10.1 Å². The Labute approximate surface area is 130 Å². The summed E-state index contributed by atoms with van der Waals surface area (Å²) < 4.78 is 32.1. The standard InChI is InChI=1S/C10H24N.C6H6O3S/c1-5-8-11(4,9-6-2)10-7-3;7-10(8,9)6-4-2-1-3-5-6/h5-10H2,1-4H3;1-5H,(H,7,8,9)/q+1;/p-1. The molecule has 0 N–H and O–H groups in total. The highest BCUT2D eigenvalue weighted by Gasteiger charge is 2.16. The van der Waals surface area contributed by atoms with Gasteiger partial charge >= 0.3 is 0 Å². The van der Waals surface area contributed by atoms with Crippen molar-refractivity contribution in [3.63, 3.8) is 0 Å². The lowest BCUT2D eigenvalue weighted by atomic mass is 10.2. The summed E-state index contributed by atoms with van der Waals surface area (Å²) in [6.45, 7) is 10.9. The lowest BCUT2D eigenvalue weighted by Crippen LogP contribution is -2.45. The molecule has 0 saturated heterocycles. The van der Waals surface area contributed by atoms with Gasteiger partial charge in [-0.15, -0.1) is 0 Å². The number of benzene rings is 1. The number of quaternary nitrogens is 1. The summed E-state index contributed by atoms with van der Waals surface area (Å²) in [7, 11) is -1.87. The van der Waals surface area contributed by atoms with Crippen LogP contribution in [0, 0.1) is 0 Å². The van der Waals surface area contributed by atoms with Gasteiger partial charge in [0, 0.05) is 0 Å². The Bertz CT molecular complexity index is 455. The molecule has 122 valence electrons. The van der Waals surface area contributed by atoms with E-state index in [4.69, 9.17) is 0 Å². The zero-order chi connectivity index (χ0) is 16.4. The third-order valence-electron chi connectivity index (χ3n) is 3.32. The van der Waals surface area contributed by atoms with Crippen molar-refractivity contribution in [1.29, 1.82) is 0 Å². The molecule has 0 aromatic heterocycles. The van der Waals surface area contributed by atoms with Crippen molar-refractivity contribution in [1.82, 2.24) is 0 Å². The molecule has 1 aromatic rings. The summed E-state index contributed by atoms with van der Waals surface area (Å²) in [4.78, 5) is -0.185. The molecule has 0 aliphatic rings. The van der Waals surface area contributed by atoms with Crippen molar-refractivity contribution < 1.29 is 17.5 Å². The largest absolute Gasteiger partial charge is 0.744 e. The molecular weight excluding hydrogens is 286 g/mol. The minimum absolute atomic E-state index is 0.185. The molecule has 1 rings (SSSR count). The van der Waals surface area contributed by atoms with Gasteiger partial charge in [0.15, 0.2) is 0 Å². The molecule has 0 aliphatic heterocycles. The van der Waals surface area contributed by atoms with Gasteiger partial charge in [0.05, 0.1) is 31.6 Å². The second-order valence-corrected chi connectivity index (χ2v) is 6.94. The van der Waals surface area contributed by atoms with Crippen molar-refractivity contribution in [2.24, 2.45) is 0 Å². The smallest absolute Gasteiger partial charge is 0.124 e. The van der Waals surface area contributed by atoms with E-state index in [1.807, 2.05) is 0 Å². The summed E-state index contributed by atoms with van der Waals surface area (Å²) in [5.41, 5.74) is 0. The average Bonchev–Trinajstić information content (AvgIpc) is 2.40. The normalized spacial score (nSPS) is 11.7.